The molecule has 0 N–H and O–H groups in total. The highest BCUT2D eigenvalue weighted by Gasteiger charge is 1.99. The van der Waals surface area contributed by atoms with Crippen molar-refractivity contribution in [1.29, 1.82) is 0 Å². The van der Waals surface area contributed by atoms with E-state index in [4.69, 9.17) is 9.47 Å². The smallest absolute Gasteiger partial charge is 0.146 e. The summed E-state index contributed by atoms with van der Waals surface area (Å²) in [5, 5.41) is 0. The zero-order chi connectivity index (χ0) is 12.1. The predicted molar refractivity (Wildman–Crippen MR) is 69.6 cm³/mol. The summed E-state index contributed by atoms with van der Waals surface area (Å²) in [7, 11) is 0. The van der Waals surface area contributed by atoms with E-state index in [0.29, 0.717) is 12.4 Å². The molecule has 88 valence electrons. The van der Waals surface area contributed by atoms with Crippen LogP contribution in [0.25, 0.3) is 0 Å². The Morgan fingerprint density at radius 1 is 1.06 bits per heavy atom. The van der Waals surface area contributed by atoms with E-state index in [2.05, 4.69) is 20.9 Å². The van der Waals surface area contributed by atoms with Crippen LogP contribution in [0.3, 0.4) is 0 Å². The molecule has 0 aliphatic rings. The molecule has 0 amide bonds. The Labute approximate surface area is 109 Å². The average molecular weight is 294 g/mol. The summed E-state index contributed by atoms with van der Waals surface area (Å²) >= 11 is 3.35. The Morgan fingerprint density at radius 3 is 2.41 bits per heavy atom. The topological polar surface area (TPSA) is 31.4 Å². The molecule has 0 saturated carbocycles. The van der Waals surface area contributed by atoms with Crippen LogP contribution in [0, 0.1) is 0 Å². The highest BCUT2D eigenvalue weighted by Crippen LogP contribution is 2.25. The summed E-state index contributed by atoms with van der Waals surface area (Å²) < 4.78 is 11.9. The van der Waals surface area contributed by atoms with Gasteiger partial charge in [0.1, 0.15) is 17.2 Å². The van der Waals surface area contributed by atoms with Crippen LogP contribution in [0.5, 0.6) is 17.2 Å². The van der Waals surface area contributed by atoms with Gasteiger partial charge in [0.15, 0.2) is 0 Å². The molecule has 0 saturated heterocycles. The number of pyridine rings is 1. The maximum absolute atomic E-state index is 5.64. The lowest BCUT2D eigenvalue weighted by Crippen LogP contribution is -1.91. The molecule has 17 heavy (non-hydrogen) atoms. The average Bonchev–Trinajstić information content (AvgIpc) is 2.32. The molecule has 0 atom stereocenters. The fourth-order valence-corrected chi connectivity index (χ4v) is 1.70. The Bertz CT molecular complexity index is 485. The fourth-order valence-electron chi connectivity index (χ4n) is 1.35. The third-order valence-corrected chi connectivity index (χ3v) is 2.48. The van der Waals surface area contributed by atoms with Gasteiger partial charge in [0.05, 0.1) is 12.8 Å². The highest BCUT2D eigenvalue weighted by atomic mass is 79.9. The SMILES string of the molecule is CCOc1ccc(Oc2cncc(Br)c2)cc1. The van der Waals surface area contributed by atoms with Crippen molar-refractivity contribution in [3.05, 3.63) is 47.2 Å². The molecule has 2 aromatic rings. The first-order valence-electron chi connectivity index (χ1n) is 5.29. The van der Waals surface area contributed by atoms with Gasteiger partial charge in [-0.25, -0.2) is 0 Å². The molecule has 0 aliphatic carbocycles. The number of halogens is 1. The first kappa shape index (κ1) is 11.9. The highest BCUT2D eigenvalue weighted by molar-refractivity contribution is 9.10. The monoisotopic (exact) mass is 293 g/mol. The van der Waals surface area contributed by atoms with E-state index in [-0.39, 0.29) is 0 Å². The molecule has 1 heterocycles. The molecule has 0 fully saturated rings. The Kier molecular flexibility index (Phi) is 3.98. The first-order chi connectivity index (χ1) is 8.28. The van der Waals surface area contributed by atoms with Gasteiger partial charge in [-0.2, -0.15) is 0 Å². The van der Waals surface area contributed by atoms with Crippen molar-refractivity contribution >= 4 is 15.9 Å². The molecule has 3 nitrogen and oxygen atoms in total. The van der Waals surface area contributed by atoms with E-state index < -0.39 is 0 Å². The number of hydrogen-bond acceptors (Lipinski definition) is 3. The van der Waals surface area contributed by atoms with Gasteiger partial charge < -0.3 is 9.47 Å². The van der Waals surface area contributed by atoms with Gasteiger partial charge in [-0.1, -0.05) is 0 Å². The van der Waals surface area contributed by atoms with E-state index in [1.807, 2.05) is 37.3 Å². The van der Waals surface area contributed by atoms with Crippen LogP contribution in [-0.4, -0.2) is 11.6 Å². The predicted octanol–water partition coefficient (Wildman–Crippen LogP) is 4.04. The Balaban J connectivity index is 2.08. The Hall–Kier alpha value is -1.55. The van der Waals surface area contributed by atoms with Gasteiger partial charge >= 0.3 is 0 Å². The number of hydrogen-bond donors (Lipinski definition) is 0. The van der Waals surface area contributed by atoms with Crippen LogP contribution >= 0.6 is 15.9 Å². The largest absolute Gasteiger partial charge is 0.494 e. The summed E-state index contributed by atoms with van der Waals surface area (Å²) in [5.74, 6) is 2.30. The van der Waals surface area contributed by atoms with Gasteiger partial charge in [0.2, 0.25) is 0 Å². The molecule has 1 aromatic heterocycles. The van der Waals surface area contributed by atoms with E-state index in [0.717, 1.165) is 16.0 Å². The van der Waals surface area contributed by atoms with Crippen molar-refractivity contribution in [3.63, 3.8) is 0 Å². The minimum atomic E-state index is 0.662. The fraction of sp³-hybridized carbons (Fsp3) is 0.154. The standard InChI is InChI=1S/C13H12BrNO2/c1-2-16-11-3-5-12(6-4-11)17-13-7-10(14)8-15-9-13/h3-9H,2H2,1H3. The van der Waals surface area contributed by atoms with Crippen molar-refractivity contribution in [2.24, 2.45) is 0 Å². The molecule has 0 spiro atoms. The molecular formula is C13H12BrNO2. The van der Waals surface area contributed by atoms with Crippen molar-refractivity contribution in [1.82, 2.24) is 4.98 Å². The second-order valence-corrected chi connectivity index (χ2v) is 4.26. The zero-order valence-electron chi connectivity index (χ0n) is 9.39. The molecule has 2 rings (SSSR count). The van der Waals surface area contributed by atoms with Gasteiger partial charge in [0.25, 0.3) is 0 Å². The number of rotatable bonds is 4. The minimum Gasteiger partial charge on any atom is -0.494 e. The van der Waals surface area contributed by atoms with E-state index >= 15 is 0 Å². The third-order valence-electron chi connectivity index (χ3n) is 2.05. The molecule has 0 aliphatic heterocycles. The van der Waals surface area contributed by atoms with Gasteiger partial charge in [-0.3, -0.25) is 4.98 Å². The summed E-state index contributed by atoms with van der Waals surface area (Å²) in [6.45, 7) is 2.62. The lowest BCUT2D eigenvalue weighted by atomic mass is 10.3. The second-order valence-electron chi connectivity index (χ2n) is 3.35. The van der Waals surface area contributed by atoms with Crippen LogP contribution in [0.2, 0.25) is 0 Å². The molecule has 4 heteroatoms. The normalized spacial score (nSPS) is 10.0. The van der Waals surface area contributed by atoms with E-state index in [1.165, 1.54) is 0 Å². The van der Waals surface area contributed by atoms with Crippen molar-refractivity contribution in [2.45, 2.75) is 6.92 Å². The lowest BCUT2D eigenvalue weighted by Gasteiger charge is -2.07. The van der Waals surface area contributed by atoms with Crippen molar-refractivity contribution < 1.29 is 9.47 Å². The first-order valence-corrected chi connectivity index (χ1v) is 6.08. The summed E-state index contributed by atoms with van der Waals surface area (Å²) in [6, 6.07) is 9.36. The number of benzene rings is 1. The molecule has 1 aromatic carbocycles. The van der Waals surface area contributed by atoms with Crippen LogP contribution in [0.15, 0.2) is 47.2 Å². The summed E-state index contributed by atoms with van der Waals surface area (Å²) in [6.07, 6.45) is 3.38. The van der Waals surface area contributed by atoms with Crippen LogP contribution in [0.4, 0.5) is 0 Å². The third kappa shape index (κ3) is 3.46. The van der Waals surface area contributed by atoms with Crippen LogP contribution < -0.4 is 9.47 Å². The number of nitrogens with zero attached hydrogens (tertiary/aromatic N) is 1. The van der Waals surface area contributed by atoms with Crippen molar-refractivity contribution in [3.8, 4) is 17.2 Å². The number of ether oxygens (including phenoxy) is 2. The van der Waals surface area contributed by atoms with Crippen LogP contribution in [-0.2, 0) is 0 Å². The maximum atomic E-state index is 5.64. The second kappa shape index (κ2) is 5.68. The molecule has 0 unspecified atom stereocenters. The van der Waals surface area contributed by atoms with E-state index in [1.54, 1.807) is 12.4 Å². The number of aromatic nitrogens is 1. The van der Waals surface area contributed by atoms with Crippen molar-refractivity contribution in [2.75, 3.05) is 6.61 Å². The van der Waals surface area contributed by atoms with E-state index in [9.17, 15) is 0 Å². The maximum Gasteiger partial charge on any atom is 0.146 e. The van der Waals surface area contributed by atoms with Gasteiger partial charge in [-0.05, 0) is 53.2 Å². The summed E-state index contributed by atoms with van der Waals surface area (Å²) in [4.78, 5) is 4.03. The molecular weight excluding hydrogens is 282 g/mol. The van der Waals surface area contributed by atoms with Gasteiger partial charge in [-0.15, -0.1) is 0 Å². The lowest BCUT2D eigenvalue weighted by molar-refractivity contribution is 0.339. The Morgan fingerprint density at radius 2 is 1.76 bits per heavy atom. The van der Waals surface area contributed by atoms with Crippen LogP contribution in [0.1, 0.15) is 6.92 Å². The summed E-state index contributed by atoms with van der Waals surface area (Å²) in [5.41, 5.74) is 0. The quantitative estimate of drug-likeness (QED) is 0.853. The zero-order valence-corrected chi connectivity index (χ0v) is 11.0. The minimum absolute atomic E-state index is 0.662. The molecule has 0 bridgehead atoms. The molecule has 0 radical (unpaired) electrons. The van der Waals surface area contributed by atoms with Gasteiger partial charge in [0, 0.05) is 10.7 Å².